The number of carbonyl (C=O) groups is 1. The maximum Gasteiger partial charge on any atom is 0.266 e. The van der Waals surface area contributed by atoms with E-state index in [1.165, 1.54) is 4.90 Å². The maximum absolute atomic E-state index is 13.7. The fraction of sp³-hybridized carbons (Fsp3) is 0.0769. The van der Waals surface area contributed by atoms with E-state index in [-0.39, 0.29) is 11.9 Å². The first-order chi connectivity index (χ1) is 16.1. The van der Waals surface area contributed by atoms with Crippen molar-refractivity contribution in [2.45, 2.75) is 5.54 Å². The molecule has 4 heterocycles. The number of amides is 1. The number of nitrogens with two attached hydrogens (primary N) is 1. The van der Waals surface area contributed by atoms with Gasteiger partial charge in [-0.15, -0.1) is 0 Å². The number of aromatic nitrogens is 2. The number of ether oxygens (including phenoxy) is 1. The van der Waals surface area contributed by atoms with Gasteiger partial charge in [0.25, 0.3) is 5.91 Å². The minimum absolute atomic E-state index is 0.168. The number of benzene rings is 2. The summed E-state index contributed by atoms with van der Waals surface area (Å²) in [6.45, 7) is 0. The van der Waals surface area contributed by atoms with Gasteiger partial charge in [0.15, 0.2) is 5.96 Å². The van der Waals surface area contributed by atoms with E-state index in [0.29, 0.717) is 22.6 Å². The van der Waals surface area contributed by atoms with Gasteiger partial charge in [-0.25, -0.2) is 4.99 Å². The van der Waals surface area contributed by atoms with Crippen LogP contribution in [0.2, 0.25) is 0 Å². The lowest BCUT2D eigenvalue weighted by Crippen LogP contribution is -2.42. The fourth-order valence-corrected chi connectivity index (χ4v) is 4.49. The average molecular weight is 433 g/mol. The summed E-state index contributed by atoms with van der Waals surface area (Å²) in [5.74, 6) is 1.09. The largest absolute Gasteiger partial charge is 0.457 e. The monoisotopic (exact) mass is 433 g/mol. The summed E-state index contributed by atoms with van der Waals surface area (Å²) in [5, 5.41) is 0. The second kappa shape index (κ2) is 7.00. The zero-order valence-corrected chi connectivity index (χ0v) is 17.8. The molecule has 2 aliphatic rings. The zero-order valence-electron chi connectivity index (χ0n) is 17.8. The number of fused-ring (bicyclic) bond motifs is 4. The van der Waals surface area contributed by atoms with Crippen molar-refractivity contribution in [3.8, 4) is 33.8 Å². The van der Waals surface area contributed by atoms with Crippen LogP contribution in [0, 0.1) is 0 Å². The van der Waals surface area contributed by atoms with Gasteiger partial charge in [-0.1, -0.05) is 30.3 Å². The molecule has 2 aromatic heterocycles. The third-order valence-corrected chi connectivity index (χ3v) is 6.19. The van der Waals surface area contributed by atoms with E-state index in [9.17, 15) is 4.79 Å². The number of guanidine groups is 1. The van der Waals surface area contributed by atoms with Gasteiger partial charge in [-0.2, -0.15) is 0 Å². The molecule has 2 aromatic carbocycles. The van der Waals surface area contributed by atoms with Gasteiger partial charge in [0.05, 0.1) is 0 Å². The molecule has 6 rings (SSSR count). The number of hydrogen-bond acceptors (Lipinski definition) is 6. The molecule has 4 aromatic rings. The van der Waals surface area contributed by atoms with Crippen molar-refractivity contribution >= 4 is 11.9 Å². The smallest absolute Gasteiger partial charge is 0.266 e. The molecule has 0 bridgehead atoms. The molecule has 0 fully saturated rings. The van der Waals surface area contributed by atoms with Gasteiger partial charge in [0.2, 0.25) is 5.54 Å². The molecule has 1 atom stereocenters. The van der Waals surface area contributed by atoms with Crippen LogP contribution >= 0.6 is 0 Å². The van der Waals surface area contributed by atoms with Crippen LogP contribution in [0.15, 0.2) is 90.4 Å². The molecule has 2 aliphatic heterocycles. The number of carbonyl (C=O) groups excluding carboxylic acids is 1. The van der Waals surface area contributed by atoms with Crippen LogP contribution in [0.4, 0.5) is 0 Å². The van der Waals surface area contributed by atoms with E-state index >= 15 is 0 Å². The first-order valence-corrected chi connectivity index (χ1v) is 10.5. The molecule has 0 saturated carbocycles. The maximum atomic E-state index is 13.7. The number of nitrogens with zero attached hydrogens (tertiary/aromatic N) is 4. The zero-order chi connectivity index (χ0) is 22.6. The van der Waals surface area contributed by atoms with E-state index < -0.39 is 5.54 Å². The minimum atomic E-state index is -1.31. The lowest BCUT2D eigenvalue weighted by Gasteiger charge is -2.34. The molecule has 1 amide bonds. The Balaban J connectivity index is 1.58. The fourth-order valence-electron chi connectivity index (χ4n) is 4.49. The topological polar surface area (TPSA) is 93.7 Å². The van der Waals surface area contributed by atoms with Crippen LogP contribution in [0.3, 0.4) is 0 Å². The number of likely N-dealkylation sites (N-methyl/N-ethyl adjacent to an activating group) is 1. The van der Waals surface area contributed by atoms with Crippen molar-refractivity contribution < 1.29 is 9.53 Å². The third-order valence-electron chi connectivity index (χ3n) is 6.19. The van der Waals surface area contributed by atoms with Crippen LogP contribution in [0.5, 0.6) is 11.5 Å². The van der Waals surface area contributed by atoms with Crippen molar-refractivity contribution in [3.63, 3.8) is 0 Å². The molecule has 7 heteroatoms. The highest BCUT2D eigenvalue weighted by Crippen LogP contribution is 2.53. The predicted octanol–water partition coefficient (Wildman–Crippen LogP) is 3.95. The van der Waals surface area contributed by atoms with Crippen LogP contribution in [-0.2, 0) is 10.3 Å². The first-order valence-electron chi connectivity index (χ1n) is 10.5. The lowest BCUT2D eigenvalue weighted by molar-refractivity contribution is -0.129. The van der Waals surface area contributed by atoms with Gasteiger partial charge in [-0.3, -0.25) is 19.7 Å². The summed E-state index contributed by atoms with van der Waals surface area (Å²) >= 11 is 0. The Kier molecular flexibility index (Phi) is 4.07. The summed E-state index contributed by atoms with van der Waals surface area (Å²) in [5.41, 5.74) is 9.89. The highest BCUT2D eigenvalue weighted by molar-refractivity contribution is 6.10. The van der Waals surface area contributed by atoms with Crippen molar-refractivity contribution in [1.82, 2.24) is 14.9 Å². The van der Waals surface area contributed by atoms with Gasteiger partial charge in [0, 0.05) is 54.1 Å². The van der Waals surface area contributed by atoms with Crippen molar-refractivity contribution in [2.24, 2.45) is 10.7 Å². The van der Waals surface area contributed by atoms with Crippen molar-refractivity contribution in [1.29, 1.82) is 0 Å². The molecule has 0 saturated heterocycles. The molecule has 33 heavy (non-hydrogen) atoms. The second-order valence-electron chi connectivity index (χ2n) is 8.05. The molecule has 0 aliphatic carbocycles. The van der Waals surface area contributed by atoms with Crippen molar-refractivity contribution in [3.05, 3.63) is 96.6 Å². The molecule has 7 nitrogen and oxygen atoms in total. The molecular formula is C26H19N5O2. The number of aliphatic imine (C=N–C) groups is 1. The molecule has 1 unspecified atom stereocenters. The second-order valence-corrected chi connectivity index (χ2v) is 8.05. The summed E-state index contributed by atoms with van der Waals surface area (Å²) < 4.78 is 6.32. The lowest BCUT2D eigenvalue weighted by atomic mass is 9.78. The van der Waals surface area contributed by atoms with E-state index in [0.717, 1.165) is 22.3 Å². The summed E-state index contributed by atoms with van der Waals surface area (Å²) in [4.78, 5) is 28.2. The number of hydrogen-bond donors (Lipinski definition) is 1. The molecule has 1 spiro atoms. The van der Waals surface area contributed by atoms with E-state index in [1.54, 1.807) is 31.8 Å². The highest BCUT2D eigenvalue weighted by Gasteiger charge is 2.54. The minimum Gasteiger partial charge on any atom is -0.457 e. The van der Waals surface area contributed by atoms with Gasteiger partial charge < -0.3 is 10.5 Å². The van der Waals surface area contributed by atoms with Gasteiger partial charge in [-0.05, 0) is 41.5 Å². The standard InChI is InChI=1S/C26H19N5O2/c1-31-24(32)26(30-25(31)27)20-8-6-17(19-5-3-11-29-15-19)13-23(20)33-22-9-7-16(12-21(22)26)18-4-2-10-28-14-18/h2-15H,1H3,(H2,27,30). The van der Waals surface area contributed by atoms with Crippen LogP contribution in [0.1, 0.15) is 11.1 Å². The van der Waals surface area contributed by atoms with Gasteiger partial charge in [0.1, 0.15) is 11.5 Å². The number of rotatable bonds is 2. The Labute approximate surface area is 190 Å². The van der Waals surface area contributed by atoms with E-state index in [2.05, 4.69) is 9.97 Å². The molecule has 2 N–H and O–H groups in total. The molecular weight excluding hydrogens is 414 g/mol. The first kappa shape index (κ1) is 19.2. The Hall–Kier alpha value is -4.52. The molecule has 160 valence electrons. The third kappa shape index (κ3) is 2.75. The summed E-state index contributed by atoms with van der Waals surface area (Å²) in [7, 11) is 1.64. The summed E-state index contributed by atoms with van der Waals surface area (Å²) in [6.07, 6.45) is 7.03. The normalized spacial score (nSPS) is 18.5. The SMILES string of the molecule is CN1C(=O)C2(N=C1N)c1ccc(-c3cccnc3)cc1Oc1ccc(-c3cccnc3)cc12. The Morgan fingerprint density at radius 2 is 1.48 bits per heavy atom. The Morgan fingerprint density at radius 1 is 0.818 bits per heavy atom. The summed E-state index contributed by atoms with van der Waals surface area (Å²) in [6, 6.07) is 19.2. The van der Waals surface area contributed by atoms with Crippen LogP contribution < -0.4 is 10.5 Å². The quantitative estimate of drug-likeness (QED) is 0.517. The Morgan fingerprint density at radius 3 is 2.09 bits per heavy atom. The van der Waals surface area contributed by atoms with Crippen LogP contribution in [0.25, 0.3) is 22.3 Å². The predicted molar refractivity (Wildman–Crippen MR) is 125 cm³/mol. The van der Waals surface area contributed by atoms with E-state index in [4.69, 9.17) is 15.5 Å². The van der Waals surface area contributed by atoms with E-state index in [1.807, 2.05) is 60.7 Å². The highest BCUT2D eigenvalue weighted by atomic mass is 16.5. The number of pyridine rings is 2. The van der Waals surface area contributed by atoms with Crippen LogP contribution in [-0.4, -0.2) is 33.8 Å². The average Bonchev–Trinajstić information content (AvgIpc) is 3.09. The Bertz CT molecular complexity index is 1440. The van der Waals surface area contributed by atoms with Gasteiger partial charge >= 0.3 is 0 Å². The molecule has 0 radical (unpaired) electrons. The van der Waals surface area contributed by atoms with Crippen molar-refractivity contribution in [2.75, 3.05) is 7.05 Å².